The largest absolute Gasteiger partial charge is 0.397 e. The fourth-order valence-corrected chi connectivity index (χ4v) is 3.37. The van der Waals surface area contributed by atoms with Crippen molar-refractivity contribution in [1.82, 2.24) is 0 Å². The lowest BCUT2D eigenvalue weighted by Crippen LogP contribution is -2.59. The zero-order valence-electron chi connectivity index (χ0n) is 15.7. The van der Waals surface area contributed by atoms with Gasteiger partial charge in [-0.2, -0.15) is 16.8 Å². The highest BCUT2D eigenvalue weighted by atomic mass is 32.3. The Morgan fingerprint density at radius 2 is 1.12 bits per heavy atom. The molecule has 0 spiro atoms. The number of aliphatic hydroxyl groups excluding tert-OH is 8. The Morgan fingerprint density at radius 1 is 0.656 bits per heavy atom. The van der Waals surface area contributed by atoms with Crippen LogP contribution in [0.15, 0.2) is 0 Å². The zero-order chi connectivity index (χ0) is 25.0. The Kier molecular flexibility index (Phi) is 10.7. The molecule has 2 aliphatic heterocycles. The molecule has 10 N–H and O–H groups in total. The minimum atomic E-state index is -4.88. The van der Waals surface area contributed by atoms with Gasteiger partial charge in [0.1, 0.15) is 48.8 Å². The van der Waals surface area contributed by atoms with E-state index in [1.807, 2.05) is 0 Å². The van der Waals surface area contributed by atoms with Gasteiger partial charge in [0.15, 0.2) is 12.6 Å². The van der Waals surface area contributed by atoms with Crippen molar-refractivity contribution in [3.8, 4) is 0 Å². The third-order valence-corrected chi connectivity index (χ3v) is 5.04. The van der Waals surface area contributed by atoms with Crippen LogP contribution in [0.25, 0.3) is 0 Å². The molecule has 0 radical (unpaired) electrons. The first kappa shape index (κ1) is 29.4. The van der Waals surface area contributed by atoms with Crippen LogP contribution in [0.3, 0.4) is 0 Å². The summed E-state index contributed by atoms with van der Waals surface area (Å²) in [7, 11) is -9.60. The number of hydrogen-bond donors (Lipinski definition) is 10. The lowest BCUT2D eigenvalue weighted by molar-refractivity contribution is -0.285. The maximum absolute atomic E-state index is 10.4. The van der Waals surface area contributed by atoms with E-state index in [-0.39, 0.29) is 0 Å². The zero-order valence-corrected chi connectivity index (χ0v) is 17.4. The molecule has 0 aliphatic carbocycles. The van der Waals surface area contributed by atoms with Gasteiger partial charge in [-0.05, 0) is 0 Å². The second kappa shape index (κ2) is 11.7. The molecule has 0 amide bonds. The molecule has 0 aromatic carbocycles. The van der Waals surface area contributed by atoms with Gasteiger partial charge in [-0.15, -0.1) is 0 Å². The summed E-state index contributed by atoms with van der Waals surface area (Å²) < 4.78 is 75.1. The van der Waals surface area contributed by atoms with Gasteiger partial charge in [0.25, 0.3) is 0 Å². The van der Waals surface area contributed by atoms with Gasteiger partial charge < -0.3 is 50.3 Å². The molecule has 0 unspecified atom stereocenters. The lowest BCUT2D eigenvalue weighted by Gasteiger charge is -2.38. The summed E-state index contributed by atoms with van der Waals surface area (Å²) in [5.41, 5.74) is 0. The molecule has 2 rings (SSSR count). The van der Waals surface area contributed by atoms with Crippen LogP contribution >= 0.6 is 0 Å². The first-order valence-corrected chi connectivity index (χ1v) is 11.2. The van der Waals surface area contributed by atoms with Crippen molar-refractivity contribution in [3.05, 3.63) is 0 Å². The fraction of sp³-hybridized carbons (Fsp3) is 1.00. The molecule has 2 fully saturated rings. The summed E-state index contributed by atoms with van der Waals surface area (Å²) in [5, 5.41) is 73.0. The van der Waals surface area contributed by atoms with Gasteiger partial charge in [0.05, 0.1) is 13.2 Å². The van der Waals surface area contributed by atoms with Gasteiger partial charge in [-0.1, -0.05) is 0 Å². The van der Waals surface area contributed by atoms with Crippen molar-refractivity contribution in [2.24, 2.45) is 0 Å². The van der Waals surface area contributed by atoms with E-state index >= 15 is 0 Å². The average molecular weight is 520 g/mol. The lowest BCUT2D eigenvalue weighted by atomic mass is 9.99. The first-order valence-electron chi connectivity index (χ1n) is 8.44. The molecule has 0 saturated carbocycles. The summed E-state index contributed by atoms with van der Waals surface area (Å²) >= 11 is 0. The second-order valence-corrected chi connectivity index (χ2v) is 8.61. The molecule has 32 heavy (non-hydrogen) atoms. The van der Waals surface area contributed by atoms with Crippen LogP contribution < -0.4 is 0 Å². The Labute approximate surface area is 180 Å². The number of hydrogen-bond acceptors (Lipinski definition) is 16. The molecule has 2 saturated heterocycles. The number of aliphatic hydroxyl groups is 8. The number of rotatable bonds is 6. The number of ether oxygens (including phenoxy) is 2. The second-order valence-electron chi connectivity index (χ2n) is 6.47. The highest BCUT2D eigenvalue weighted by Crippen LogP contribution is 2.23. The minimum absolute atomic E-state index is 0.777. The van der Waals surface area contributed by atoms with E-state index in [9.17, 15) is 32.2 Å². The van der Waals surface area contributed by atoms with Gasteiger partial charge in [0, 0.05) is 0 Å². The SMILES string of the molecule is O=S(=O)(O)OC[C@H]1O[C@H](O)[C@H](O)[C@@H](O)[C@H]1O.O=S(=O)(O)O[C@@H]1[C@H](O)[C@@H](O)[C@H](O)O[C@@H]1CO. The molecule has 10 atom stereocenters. The van der Waals surface area contributed by atoms with E-state index in [1.54, 1.807) is 0 Å². The normalized spacial score (nSPS) is 40.9. The quantitative estimate of drug-likeness (QED) is 0.145. The highest BCUT2D eigenvalue weighted by molar-refractivity contribution is 7.81. The van der Waals surface area contributed by atoms with Crippen LogP contribution in [0.5, 0.6) is 0 Å². The van der Waals surface area contributed by atoms with Crippen LogP contribution in [-0.2, 0) is 38.6 Å². The summed E-state index contributed by atoms with van der Waals surface area (Å²) in [6, 6.07) is 0. The Bertz CT molecular complexity index is 780. The molecule has 18 nitrogen and oxygen atoms in total. The third kappa shape index (κ3) is 8.60. The summed E-state index contributed by atoms with van der Waals surface area (Å²) in [6.07, 6.45) is -16.8. The fourth-order valence-electron chi connectivity index (χ4n) is 2.55. The summed E-state index contributed by atoms with van der Waals surface area (Å²) in [5.74, 6) is 0. The smallest absolute Gasteiger partial charge is 0.394 e. The predicted molar refractivity (Wildman–Crippen MR) is 92.8 cm³/mol. The van der Waals surface area contributed by atoms with Crippen LogP contribution in [0.4, 0.5) is 0 Å². The van der Waals surface area contributed by atoms with Crippen molar-refractivity contribution in [2.45, 2.75) is 61.4 Å². The van der Waals surface area contributed by atoms with Gasteiger partial charge >= 0.3 is 20.8 Å². The Hall–Kier alpha value is -0.660. The van der Waals surface area contributed by atoms with Crippen molar-refractivity contribution in [1.29, 1.82) is 0 Å². The van der Waals surface area contributed by atoms with E-state index in [4.69, 9.17) is 34.6 Å². The molecule has 0 bridgehead atoms. The summed E-state index contributed by atoms with van der Waals surface area (Å²) in [4.78, 5) is 0. The standard InChI is InChI=1S/2C6H12O9S/c7-1-2-5(15-16(11,12)13)3(8)4(9)6(10)14-2;7-3-2(1-14-16(11,12)13)15-6(10)5(9)4(3)8/h2*2-10H,1H2,(H,11,12,13)/t2-,3-,4-,5+,6-;2-,3+,4+,5-,6+/m11/s1. The third-order valence-electron chi connectivity index (χ3n) is 4.14. The Balaban J connectivity index is 0.000000320. The Morgan fingerprint density at radius 3 is 1.56 bits per heavy atom. The molecule has 20 heteroatoms. The highest BCUT2D eigenvalue weighted by Gasteiger charge is 2.46. The average Bonchev–Trinajstić information content (AvgIpc) is 2.67. The monoisotopic (exact) mass is 520 g/mol. The van der Waals surface area contributed by atoms with E-state index in [0.29, 0.717) is 0 Å². The molecule has 192 valence electrons. The molecule has 2 heterocycles. The summed E-state index contributed by atoms with van der Waals surface area (Å²) in [6.45, 7) is -1.58. The van der Waals surface area contributed by atoms with Crippen LogP contribution in [0, 0.1) is 0 Å². The van der Waals surface area contributed by atoms with E-state index in [2.05, 4.69) is 17.8 Å². The van der Waals surface area contributed by atoms with Crippen molar-refractivity contribution >= 4 is 20.8 Å². The maximum Gasteiger partial charge on any atom is 0.397 e. The van der Waals surface area contributed by atoms with Gasteiger partial charge in [-0.25, -0.2) is 8.37 Å². The minimum Gasteiger partial charge on any atom is -0.394 e. The van der Waals surface area contributed by atoms with Crippen molar-refractivity contribution in [3.63, 3.8) is 0 Å². The van der Waals surface area contributed by atoms with E-state index in [1.165, 1.54) is 0 Å². The van der Waals surface area contributed by atoms with Gasteiger partial charge in [0.2, 0.25) is 0 Å². The first-order chi connectivity index (χ1) is 14.5. The van der Waals surface area contributed by atoms with Crippen LogP contribution in [0.1, 0.15) is 0 Å². The molecular formula is C12H24O18S2. The van der Waals surface area contributed by atoms with E-state index in [0.717, 1.165) is 0 Å². The molecule has 0 aromatic rings. The molecule has 0 aromatic heterocycles. The van der Waals surface area contributed by atoms with Crippen molar-refractivity contribution in [2.75, 3.05) is 13.2 Å². The van der Waals surface area contributed by atoms with E-state index < -0.39 is 95.4 Å². The van der Waals surface area contributed by atoms with Crippen molar-refractivity contribution < 1.29 is 84.6 Å². The maximum atomic E-state index is 10.4. The topological polar surface area (TPSA) is 308 Å². The molecular weight excluding hydrogens is 496 g/mol. The van der Waals surface area contributed by atoms with Crippen LogP contribution in [0.2, 0.25) is 0 Å². The van der Waals surface area contributed by atoms with Gasteiger partial charge in [-0.3, -0.25) is 9.11 Å². The van der Waals surface area contributed by atoms with Crippen LogP contribution in [-0.4, -0.2) is 141 Å². The molecule has 2 aliphatic rings. The predicted octanol–water partition coefficient (Wildman–Crippen LogP) is -6.79.